The Kier molecular flexibility index (Phi) is 4.52. The summed E-state index contributed by atoms with van der Waals surface area (Å²) in [4.78, 5) is 19.9. The Morgan fingerprint density at radius 3 is 2.48 bits per heavy atom. The molecule has 0 aliphatic rings. The summed E-state index contributed by atoms with van der Waals surface area (Å²) in [6, 6.07) is 12.7. The lowest BCUT2D eigenvalue weighted by Crippen LogP contribution is -2.02. The molecule has 1 heterocycles. The fourth-order valence-corrected chi connectivity index (χ4v) is 2.93. The van der Waals surface area contributed by atoms with Crippen molar-refractivity contribution >= 4 is 28.6 Å². The molecule has 23 heavy (non-hydrogen) atoms. The van der Waals surface area contributed by atoms with Gasteiger partial charge in [0.25, 0.3) is 0 Å². The Morgan fingerprint density at radius 1 is 1.09 bits per heavy atom. The first-order valence-corrected chi connectivity index (χ1v) is 8.02. The zero-order valence-corrected chi connectivity index (χ0v) is 13.6. The van der Waals surface area contributed by atoms with Crippen molar-refractivity contribution in [2.24, 2.45) is 0 Å². The van der Waals surface area contributed by atoms with Crippen LogP contribution >= 0.6 is 11.8 Å². The predicted octanol–water partition coefficient (Wildman–Crippen LogP) is 3.56. The number of nitrogens with zero attached hydrogens (tertiary/aromatic N) is 1. The van der Waals surface area contributed by atoms with Gasteiger partial charge in [-0.3, -0.25) is 4.79 Å². The van der Waals surface area contributed by atoms with Crippen molar-refractivity contribution in [2.45, 2.75) is 5.16 Å². The Hall–Kier alpha value is -2.47. The number of thioether (sulfide) groups is 1. The van der Waals surface area contributed by atoms with Gasteiger partial charge in [0.1, 0.15) is 11.5 Å². The van der Waals surface area contributed by atoms with Gasteiger partial charge in [0.15, 0.2) is 10.9 Å². The molecule has 0 amide bonds. The van der Waals surface area contributed by atoms with Crippen molar-refractivity contribution in [3.63, 3.8) is 0 Å². The van der Waals surface area contributed by atoms with Gasteiger partial charge in [-0.05, 0) is 36.4 Å². The second kappa shape index (κ2) is 6.75. The standard InChI is InChI=1S/C17H16N2O3S/c1-21-12-5-3-11(4-6-12)16(20)10-23-17-18-14-8-7-13(22-2)9-15(14)19-17/h3-9H,10H2,1-2H3,(H,18,19). The summed E-state index contributed by atoms with van der Waals surface area (Å²) in [6.45, 7) is 0. The number of carbonyl (C=O) groups excluding carboxylic acids is 1. The summed E-state index contributed by atoms with van der Waals surface area (Å²) in [6.07, 6.45) is 0. The highest BCUT2D eigenvalue weighted by Gasteiger charge is 2.10. The number of carbonyl (C=O) groups is 1. The number of aromatic amines is 1. The number of hydrogen-bond donors (Lipinski definition) is 1. The third-order valence-electron chi connectivity index (χ3n) is 3.42. The van der Waals surface area contributed by atoms with Crippen molar-refractivity contribution in [2.75, 3.05) is 20.0 Å². The molecule has 0 aliphatic heterocycles. The summed E-state index contributed by atoms with van der Waals surface area (Å²) < 4.78 is 10.3. The highest BCUT2D eigenvalue weighted by Crippen LogP contribution is 2.24. The van der Waals surface area contributed by atoms with E-state index in [0.29, 0.717) is 11.3 Å². The summed E-state index contributed by atoms with van der Waals surface area (Å²) in [7, 11) is 3.23. The Morgan fingerprint density at radius 2 is 1.78 bits per heavy atom. The third kappa shape index (κ3) is 3.48. The minimum Gasteiger partial charge on any atom is -0.497 e. The summed E-state index contributed by atoms with van der Waals surface area (Å²) in [5, 5.41) is 0.718. The van der Waals surface area contributed by atoms with Crippen molar-refractivity contribution in [3.8, 4) is 11.5 Å². The maximum absolute atomic E-state index is 12.2. The van der Waals surface area contributed by atoms with E-state index in [1.165, 1.54) is 11.8 Å². The highest BCUT2D eigenvalue weighted by atomic mass is 32.2. The highest BCUT2D eigenvalue weighted by molar-refractivity contribution is 7.99. The number of ketones is 1. The first kappa shape index (κ1) is 15.4. The van der Waals surface area contributed by atoms with Gasteiger partial charge in [0, 0.05) is 11.6 Å². The molecule has 3 rings (SSSR count). The van der Waals surface area contributed by atoms with Gasteiger partial charge in [0.05, 0.1) is 31.0 Å². The maximum atomic E-state index is 12.2. The van der Waals surface area contributed by atoms with E-state index in [1.807, 2.05) is 18.2 Å². The number of hydrogen-bond acceptors (Lipinski definition) is 5. The first-order chi connectivity index (χ1) is 11.2. The molecule has 0 aliphatic carbocycles. The van der Waals surface area contributed by atoms with Gasteiger partial charge in [0.2, 0.25) is 0 Å². The average Bonchev–Trinajstić information content (AvgIpc) is 3.01. The van der Waals surface area contributed by atoms with Gasteiger partial charge in [-0.15, -0.1) is 0 Å². The van der Waals surface area contributed by atoms with Crippen molar-refractivity contribution < 1.29 is 14.3 Å². The van der Waals surface area contributed by atoms with Gasteiger partial charge < -0.3 is 14.5 Å². The zero-order chi connectivity index (χ0) is 16.2. The molecular weight excluding hydrogens is 312 g/mol. The Balaban J connectivity index is 1.68. The number of ether oxygens (including phenoxy) is 2. The number of benzene rings is 2. The number of aromatic nitrogens is 2. The molecule has 2 aromatic carbocycles. The molecule has 5 nitrogen and oxygen atoms in total. The molecule has 0 saturated carbocycles. The smallest absolute Gasteiger partial charge is 0.173 e. The van der Waals surface area contributed by atoms with Crippen LogP contribution in [0.4, 0.5) is 0 Å². The van der Waals surface area contributed by atoms with Gasteiger partial charge in [-0.2, -0.15) is 0 Å². The molecule has 1 N–H and O–H groups in total. The molecule has 3 aromatic rings. The first-order valence-electron chi connectivity index (χ1n) is 7.03. The number of H-pyrrole nitrogens is 1. The Labute approximate surface area is 138 Å². The minimum atomic E-state index is 0.0516. The molecule has 0 spiro atoms. The van der Waals surface area contributed by atoms with Crippen LogP contribution in [0.2, 0.25) is 0 Å². The lowest BCUT2D eigenvalue weighted by atomic mass is 10.1. The number of imidazole rings is 1. The molecule has 0 fully saturated rings. The van der Waals surface area contributed by atoms with Gasteiger partial charge in [-0.25, -0.2) is 4.98 Å². The van der Waals surface area contributed by atoms with Gasteiger partial charge >= 0.3 is 0 Å². The summed E-state index contributed by atoms with van der Waals surface area (Å²) in [5.41, 5.74) is 2.41. The zero-order valence-electron chi connectivity index (χ0n) is 12.8. The topological polar surface area (TPSA) is 64.2 Å². The molecule has 1 aromatic heterocycles. The molecule has 0 unspecified atom stereocenters. The van der Waals surface area contributed by atoms with Crippen LogP contribution in [-0.2, 0) is 0 Å². The van der Waals surface area contributed by atoms with Crippen LogP contribution in [0.5, 0.6) is 11.5 Å². The van der Waals surface area contributed by atoms with Crippen LogP contribution in [0.15, 0.2) is 47.6 Å². The van der Waals surface area contributed by atoms with Crippen molar-refractivity contribution in [1.29, 1.82) is 0 Å². The molecule has 0 atom stereocenters. The molecular formula is C17H16N2O3S. The SMILES string of the molecule is COc1ccc(C(=O)CSc2nc3ccc(OC)cc3[nH]2)cc1. The monoisotopic (exact) mass is 328 g/mol. The lowest BCUT2D eigenvalue weighted by molar-refractivity contribution is 0.102. The second-order valence-corrected chi connectivity index (χ2v) is 5.83. The minimum absolute atomic E-state index is 0.0516. The molecule has 0 saturated heterocycles. The second-order valence-electron chi connectivity index (χ2n) is 4.87. The van der Waals surface area contributed by atoms with Crippen LogP contribution in [0.25, 0.3) is 11.0 Å². The molecule has 0 bridgehead atoms. The largest absolute Gasteiger partial charge is 0.497 e. The van der Waals surface area contributed by atoms with Crippen LogP contribution in [0.1, 0.15) is 10.4 Å². The average molecular weight is 328 g/mol. The van der Waals surface area contributed by atoms with E-state index in [-0.39, 0.29) is 5.78 Å². The van der Waals surface area contributed by atoms with E-state index < -0.39 is 0 Å². The van der Waals surface area contributed by atoms with Crippen LogP contribution < -0.4 is 9.47 Å². The Bertz CT molecular complexity index is 827. The number of fused-ring (bicyclic) bond motifs is 1. The predicted molar refractivity (Wildman–Crippen MR) is 90.7 cm³/mol. The fourth-order valence-electron chi connectivity index (χ4n) is 2.15. The van der Waals surface area contributed by atoms with E-state index in [9.17, 15) is 4.79 Å². The van der Waals surface area contributed by atoms with Crippen LogP contribution in [-0.4, -0.2) is 35.7 Å². The number of Topliss-reactive ketones (excluding diaryl/α,β-unsaturated/α-hetero) is 1. The van der Waals surface area contributed by atoms with Crippen molar-refractivity contribution in [1.82, 2.24) is 9.97 Å². The van der Waals surface area contributed by atoms with Crippen LogP contribution in [0, 0.1) is 0 Å². The molecule has 6 heteroatoms. The summed E-state index contributed by atoms with van der Waals surface area (Å²) >= 11 is 1.38. The molecule has 0 radical (unpaired) electrons. The van der Waals surface area contributed by atoms with E-state index in [0.717, 1.165) is 27.7 Å². The van der Waals surface area contributed by atoms with Crippen molar-refractivity contribution in [3.05, 3.63) is 48.0 Å². The maximum Gasteiger partial charge on any atom is 0.173 e. The quantitative estimate of drug-likeness (QED) is 0.554. The number of nitrogens with one attached hydrogen (secondary N) is 1. The van der Waals surface area contributed by atoms with Crippen LogP contribution in [0.3, 0.4) is 0 Å². The normalized spacial score (nSPS) is 10.7. The van der Waals surface area contributed by atoms with Gasteiger partial charge in [-0.1, -0.05) is 11.8 Å². The van der Waals surface area contributed by atoms with E-state index >= 15 is 0 Å². The number of rotatable bonds is 6. The van der Waals surface area contributed by atoms with E-state index in [1.54, 1.807) is 38.5 Å². The molecule has 118 valence electrons. The lowest BCUT2D eigenvalue weighted by Gasteiger charge is -2.02. The van der Waals surface area contributed by atoms with E-state index in [2.05, 4.69) is 9.97 Å². The third-order valence-corrected chi connectivity index (χ3v) is 4.29. The van der Waals surface area contributed by atoms with E-state index in [4.69, 9.17) is 9.47 Å². The summed E-state index contributed by atoms with van der Waals surface area (Å²) in [5.74, 6) is 1.88. The number of methoxy groups -OCH3 is 2. The fraction of sp³-hybridized carbons (Fsp3) is 0.176.